The van der Waals surface area contributed by atoms with E-state index in [4.69, 9.17) is 10.5 Å². The second-order valence-corrected chi connectivity index (χ2v) is 10.4. The van der Waals surface area contributed by atoms with Crippen LogP contribution in [-0.4, -0.2) is 27.4 Å². The Bertz CT molecular complexity index is 1410. The lowest BCUT2D eigenvalue weighted by atomic mass is 10.0. The summed E-state index contributed by atoms with van der Waals surface area (Å²) in [5.74, 6) is -0.348. The molecule has 3 aromatic rings. The summed E-state index contributed by atoms with van der Waals surface area (Å²) in [6.07, 6.45) is 2.77. The number of halogens is 1. The highest BCUT2D eigenvalue weighted by molar-refractivity contribution is 7.90. The minimum absolute atomic E-state index is 0.108. The largest absolute Gasteiger partial charge is 0.449 e. The standard InChI is InChI=1S/C27H25FN2O4S/c1-19-21(16-17-34-27(29)31)18-26(20-8-14-25(15-9-20)35(2,32)33)30(19,23-6-4-3-5-7-23)24-12-10-22(28)11-13-24/h3-15,18H,16-17H2,1-2H3,(H-,29,31)/p+1. The van der Waals surface area contributed by atoms with Crippen LogP contribution in [0.5, 0.6) is 0 Å². The molecule has 0 spiro atoms. The number of carbonyl (C=O) groups excluding carboxylic acids is 1. The molecule has 180 valence electrons. The third-order valence-electron chi connectivity index (χ3n) is 6.19. The summed E-state index contributed by atoms with van der Waals surface area (Å²) in [6.45, 7) is 2.10. The van der Waals surface area contributed by atoms with E-state index in [1.165, 1.54) is 18.4 Å². The zero-order valence-corrected chi connectivity index (χ0v) is 20.3. The molecule has 1 atom stereocenters. The molecule has 1 unspecified atom stereocenters. The number of nitrogens with two attached hydrogens (primary N) is 1. The van der Waals surface area contributed by atoms with Crippen LogP contribution >= 0.6 is 0 Å². The zero-order valence-electron chi connectivity index (χ0n) is 19.4. The Morgan fingerprint density at radius 2 is 1.54 bits per heavy atom. The smallest absolute Gasteiger partial charge is 0.404 e. The van der Waals surface area contributed by atoms with Crippen LogP contribution in [0.2, 0.25) is 0 Å². The number of carbonyl (C=O) groups is 1. The first-order valence-electron chi connectivity index (χ1n) is 11.0. The monoisotopic (exact) mass is 493 g/mol. The molecule has 0 bridgehead atoms. The van der Waals surface area contributed by atoms with Crippen LogP contribution in [-0.2, 0) is 14.6 Å². The lowest BCUT2D eigenvalue weighted by Gasteiger charge is -2.37. The normalized spacial score (nSPS) is 17.9. The molecule has 1 amide bonds. The van der Waals surface area contributed by atoms with Crippen molar-refractivity contribution in [2.24, 2.45) is 5.73 Å². The highest BCUT2D eigenvalue weighted by Gasteiger charge is 2.46. The molecule has 3 aromatic carbocycles. The van der Waals surface area contributed by atoms with Crippen LogP contribution in [0.4, 0.5) is 20.6 Å². The van der Waals surface area contributed by atoms with Crippen LogP contribution < -0.4 is 10.2 Å². The van der Waals surface area contributed by atoms with Gasteiger partial charge in [-0.25, -0.2) is 17.6 Å². The van der Waals surface area contributed by atoms with Crippen LogP contribution in [0.3, 0.4) is 0 Å². The molecule has 1 aliphatic rings. The summed E-state index contributed by atoms with van der Waals surface area (Å²) in [5, 5.41) is 0. The zero-order chi connectivity index (χ0) is 25.2. The summed E-state index contributed by atoms with van der Waals surface area (Å²) >= 11 is 0. The van der Waals surface area contributed by atoms with E-state index in [0.717, 1.165) is 33.9 Å². The fraction of sp³-hybridized carbons (Fsp3) is 0.148. The van der Waals surface area contributed by atoms with E-state index in [0.29, 0.717) is 6.42 Å². The second kappa shape index (κ2) is 9.48. The van der Waals surface area contributed by atoms with Crippen LogP contribution in [0.25, 0.3) is 5.70 Å². The summed E-state index contributed by atoms with van der Waals surface area (Å²) in [7, 11) is -3.36. The van der Waals surface area contributed by atoms with E-state index in [1.807, 2.05) is 43.3 Å². The molecule has 8 heteroatoms. The number of hydrogen-bond donors (Lipinski definition) is 1. The van der Waals surface area contributed by atoms with Gasteiger partial charge in [-0.05, 0) is 36.4 Å². The van der Waals surface area contributed by atoms with Gasteiger partial charge in [0.25, 0.3) is 0 Å². The van der Waals surface area contributed by atoms with Crippen molar-refractivity contribution in [1.82, 2.24) is 4.48 Å². The van der Waals surface area contributed by atoms with E-state index in [2.05, 4.69) is 0 Å². The number of nitrogens with zero attached hydrogens (tertiary/aromatic N) is 1. The Kier molecular flexibility index (Phi) is 6.60. The van der Waals surface area contributed by atoms with Crippen molar-refractivity contribution >= 4 is 33.0 Å². The number of ether oxygens (including phenoxy) is 1. The van der Waals surface area contributed by atoms with E-state index in [1.54, 1.807) is 36.4 Å². The number of primary amides is 1. The number of benzene rings is 3. The molecule has 0 aliphatic carbocycles. The molecular formula is C27H26FN2O4S+. The Hall–Kier alpha value is -3.75. The maximum absolute atomic E-state index is 13.9. The third-order valence-corrected chi connectivity index (χ3v) is 7.32. The lowest BCUT2D eigenvalue weighted by Crippen LogP contribution is -2.38. The first kappa shape index (κ1) is 24.4. The van der Waals surface area contributed by atoms with Crippen molar-refractivity contribution < 1.29 is 22.3 Å². The SMILES string of the molecule is CC1=C(CCOC(N)=O)C=C(c2ccc(S(C)(=O)=O)cc2)[N+]1(c1ccccc1)c1ccc(F)cc1. The third kappa shape index (κ3) is 4.62. The van der Waals surface area contributed by atoms with Crippen LogP contribution in [0.1, 0.15) is 18.9 Å². The van der Waals surface area contributed by atoms with Gasteiger partial charge >= 0.3 is 6.09 Å². The molecule has 0 radical (unpaired) electrons. The predicted octanol–water partition coefficient (Wildman–Crippen LogP) is 5.68. The van der Waals surface area contributed by atoms with Crippen LogP contribution in [0, 0.1) is 5.82 Å². The fourth-order valence-corrected chi connectivity index (χ4v) is 5.19. The second-order valence-electron chi connectivity index (χ2n) is 8.34. The van der Waals surface area contributed by atoms with Gasteiger partial charge in [-0.2, -0.15) is 4.48 Å². The van der Waals surface area contributed by atoms with Crippen molar-refractivity contribution in [2.45, 2.75) is 18.2 Å². The minimum Gasteiger partial charge on any atom is -0.449 e. The average Bonchev–Trinajstić information content (AvgIpc) is 3.12. The van der Waals surface area contributed by atoms with Crippen molar-refractivity contribution in [1.29, 1.82) is 0 Å². The average molecular weight is 494 g/mol. The van der Waals surface area contributed by atoms with Crippen LogP contribution in [0.15, 0.2) is 101 Å². The molecule has 35 heavy (non-hydrogen) atoms. The maximum atomic E-state index is 13.9. The number of allylic oxidation sites excluding steroid dienone is 2. The summed E-state index contributed by atoms with van der Waals surface area (Å²) < 4.78 is 43.2. The fourth-order valence-electron chi connectivity index (χ4n) is 4.56. The molecule has 0 aromatic heterocycles. The Morgan fingerprint density at radius 3 is 2.11 bits per heavy atom. The highest BCUT2D eigenvalue weighted by atomic mass is 32.2. The number of sulfone groups is 1. The predicted molar refractivity (Wildman–Crippen MR) is 135 cm³/mol. The Balaban J connectivity index is 1.96. The van der Waals surface area contributed by atoms with E-state index < -0.39 is 15.9 Å². The van der Waals surface area contributed by atoms with Gasteiger partial charge in [0.05, 0.1) is 11.5 Å². The van der Waals surface area contributed by atoms with Gasteiger partial charge < -0.3 is 10.5 Å². The molecule has 0 saturated heterocycles. The van der Waals surface area contributed by atoms with Crippen molar-refractivity contribution in [3.63, 3.8) is 0 Å². The minimum atomic E-state index is -3.36. The van der Waals surface area contributed by atoms with E-state index in [9.17, 15) is 17.6 Å². The molecule has 1 aliphatic heterocycles. The molecule has 0 fully saturated rings. The maximum Gasteiger partial charge on any atom is 0.404 e. The van der Waals surface area contributed by atoms with Crippen molar-refractivity contribution in [3.8, 4) is 0 Å². The van der Waals surface area contributed by atoms with Gasteiger partial charge in [-0.1, -0.05) is 18.2 Å². The molecule has 0 saturated carbocycles. The van der Waals surface area contributed by atoms with E-state index in [-0.39, 0.29) is 21.8 Å². The topological polar surface area (TPSA) is 86.5 Å². The van der Waals surface area contributed by atoms with Gasteiger partial charge in [0.2, 0.25) is 0 Å². The van der Waals surface area contributed by atoms with Crippen molar-refractivity contribution in [3.05, 3.63) is 108 Å². The Labute approximate surface area is 204 Å². The molecule has 6 nitrogen and oxygen atoms in total. The highest BCUT2D eigenvalue weighted by Crippen LogP contribution is 2.52. The first-order valence-corrected chi connectivity index (χ1v) is 12.9. The molecule has 2 N–H and O–H groups in total. The lowest BCUT2D eigenvalue weighted by molar-refractivity contribution is 0.158. The number of para-hydroxylation sites is 1. The van der Waals surface area contributed by atoms with Gasteiger partial charge in [0.1, 0.15) is 22.9 Å². The molecule has 4 rings (SSSR count). The van der Waals surface area contributed by atoms with Gasteiger partial charge in [0, 0.05) is 61.1 Å². The number of rotatable bonds is 7. The number of quaternary nitrogens is 1. The van der Waals surface area contributed by atoms with E-state index >= 15 is 0 Å². The van der Waals surface area contributed by atoms with Gasteiger partial charge in [-0.3, -0.25) is 0 Å². The van der Waals surface area contributed by atoms with Crippen molar-refractivity contribution in [2.75, 3.05) is 12.9 Å². The number of hydrogen-bond acceptors (Lipinski definition) is 4. The van der Waals surface area contributed by atoms with Gasteiger partial charge in [-0.15, -0.1) is 0 Å². The summed E-state index contributed by atoms with van der Waals surface area (Å²) in [4.78, 5) is 11.4. The first-order chi connectivity index (χ1) is 16.6. The number of amides is 1. The summed E-state index contributed by atoms with van der Waals surface area (Å²) in [5.41, 5.74) is 10.4. The van der Waals surface area contributed by atoms with Gasteiger partial charge in [0.15, 0.2) is 15.5 Å². The quantitative estimate of drug-likeness (QED) is 0.429. The molecule has 1 heterocycles. The summed E-state index contributed by atoms with van der Waals surface area (Å²) in [6, 6.07) is 22.8. The molecular weight excluding hydrogens is 467 g/mol. The Morgan fingerprint density at radius 1 is 0.943 bits per heavy atom.